The van der Waals surface area contributed by atoms with Crippen molar-refractivity contribution in [3.63, 3.8) is 0 Å². The zero-order valence-corrected chi connectivity index (χ0v) is 10.1. The summed E-state index contributed by atoms with van der Waals surface area (Å²) in [5.74, 6) is -0.479. The molecule has 19 heavy (non-hydrogen) atoms. The number of aliphatic hydroxyl groups is 1. The maximum Gasteiger partial charge on any atom is 0.435 e. The average molecular weight is 277 g/mol. The first kappa shape index (κ1) is 13.9. The van der Waals surface area contributed by atoms with Gasteiger partial charge in [-0.1, -0.05) is 0 Å². The molecular formula is C11H14F3N3O2. The summed E-state index contributed by atoms with van der Waals surface area (Å²) in [4.78, 5) is 13.0. The number of aliphatic hydroxyl groups excluding tert-OH is 1. The highest BCUT2D eigenvalue weighted by Gasteiger charge is 2.36. The minimum atomic E-state index is -4.50. The molecule has 5 nitrogen and oxygen atoms in total. The number of alkyl halides is 3. The Morgan fingerprint density at radius 1 is 1.53 bits per heavy atom. The Morgan fingerprint density at radius 2 is 2.26 bits per heavy atom. The quantitative estimate of drug-likeness (QED) is 0.860. The molecule has 0 spiro atoms. The summed E-state index contributed by atoms with van der Waals surface area (Å²) in [6.45, 7) is -0.207. The molecule has 1 fully saturated rings. The first-order valence-electron chi connectivity index (χ1n) is 5.96. The summed E-state index contributed by atoms with van der Waals surface area (Å²) in [6, 6.07) is 0.449. The fourth-order valence-electron chi connectivity index (χ4n) is 2.30. The van der Waals surface area contributed by atoms with Crippen molar-refractivity contribution in [2.24, 2.45) is 0 Å². The Labute approximate surface area is 107 Å². The topological polar surface area (TPSA) is 69.2 Å². The second kappa shape index (κ2) is 5.20. The number of rotatable bonds is 2. The average Bonchev–Trinajstić information content (AvgIpc) is 2.87. The first-order chi connectivity index (χ1) is 8.93. The van der Waals surface area contributed by atoms with Crippen LogP contribution in [0.15, 0.2) is 6.07 Å². The number of H-pyrrole nitrogens is 1. The summed E-state index contributed by atoms with van der Waals surface area (Å²) in [7, 11) is 0. The number of aromatic amines is 1. The summed E-state index contributed by atoms with van der Waals surface area (Å²) >= 11 is 0. The van der Waals surface area contributed by atoms with Crippen molar-refractivity contribution < 1.29 is 23.1 Å². The van der Waals surface area contributed by atoms with Crippen molar-refractivity contribution in [3.8, 4) is 0 Å². The minimum absolute atomic E-state index is 0.258. The molecule has 2 rings (SSSR count). The van der Waals surface area contributed by atoms with Gasteiger partial charge in [0.2, 0.25) is 5.91 Å². The number of carbonyl (C=O) groups is 1. The van der Waals surface area contributed by atoms with Gasteiger partial charge in [0.15, 0.2) is 5.69 Å². The van der Waals surface area contributed by atoms with E-state index in [-0.39, 0.29) is 5.69 Å². The predicted molar refractivity (Wildman–Crippen MR) is 59.0 cm³/mol. The van der Waals surface area contributed by atoms with Crippen molar-refractivity contribution in [2.45, 2.75) is 31.5 Å². The van der Waals surface area contributed by atoms with E-state index in [1.807, 2.05) is 0 Å². The van der Waals surface area contributed by atoms with E-state index >= 15 is 0 Å². The molecule has 1 aliphatic rings. The lowest BCUT2D eigenvalue weighted by atomic mass is 9.99. The molecule has 1 atom stereocenters. The van der Waals surface area contributed by atoms with Crippen LogP contribution in [0.5, 0.6) is 0 Å². The van der Waals surface area contributed by atoms with Crippen LogP contribution in [-0.2, 0) is 11.0 Å². The van der Waals surface area contributed by atoms with Gasteiger partial charge in [0, 0.05) is 6.54 Å². The molecule has 1 aromatic rings. The number of hydrogen-bond acceptors (Lipinski definition) is 3. The monoisotopic (exact) mass is 277 g/mol. The molecule has 2 heterocycles. The van der Waals surface area contributed by atoms with Crippen molar-refractivity contribution in [1.29, 1.82) is 0 Å². The zero-order valence-electron chi connectivity index (χ0n) is 10.1. The van der Waals surface area contributed by atoms with Gasteiger partial charge < -0.3 is 10.0 Å². The van der Waals surface area contributed by atoms with E-state index in [9.17, 15) is 18.0 Å². The van der Waals surface area contributed by atoms with Crippen LogP contribution in [0.4, 0.5) is 13.2 Å². The van der Waals surface area contributed by atoms with E-state index in [1.165, 1.54) is 4.90 Å². The van der Waals surface area contributed by atoms with Crippen LogP contribution in [0.2, 0.25) is 0 Å². The summed E-state index contributed by atoms with van der Waals surface area (Å²) in [5.41, 5.74) is -0.738. The number of aromatic nitrogens is 2. The smallest absolute Gasteiger partial charge is 0.387 e. The van der Waals surface area contributed by atoms with Crippen LogP contribution in [0.25, 0.3) is 0 Å². The fraction of sp³-hybridized carbons (Fsp3) is 0.636. The number of carbonyl (C=O) groups excluding carboxylic acids is 1. The standard InChI is InChI=1S/C11H14F3N3O2/c12-11(13,14)9-5-7(15-16-9)8-3-1-2-4-17(8)10(19)6-18/h5,8,18H,1-4,6H2,(H,15,16)/t8-/m1/s1. The summed E-state index contributed by atoms with van der Waals surface area (Å²) in [6.07, 6.45) is -2.34. The number of nitrogens with one attached hydrogen (secondary N) is 1. The Balaban J connectivity index is 2.23. The van der Waals surface area contributed by atoms with Gasteiger partial charge in [-0.2, -0.15) is 18.3 Å². The molecule has 2 N–H and O–H groups in total. The maximum absolute atomic E-state index is 12.5. The second-order valence-corrected chi connectivity index (χ2v) is 4.46. The van der Waals surface area contributed by atoms with Crippen LogP contribution < -0.4 is 0 Å². The third-order valence-corrected chi connectivity index (χ3v) is 3.21. The highest BCUT2D eigenvalue weighted by atomic mass is 19.4. The number of likely N-dealkylation sites (tertiary alicyclic amines) is 1. The van der Waals surface area contributed by atoms with Crippen LogP contribution >= 0.6 is 0 Å². The van der Waals surface area contributed by atoms with Crippen LogP contribution in [0, 0.1) is 0 Å². The van der Waals surface area contributed by atoms with Gasteiger partial charge in [-0.15, -0.1) is 0 Å². The van der Waals surface area contributed by atoms with Crippen molar-refractivity contribution in [1.82, 2.24) is 15.1 Å². The van der Waals surface area contributed by atoms with E-state index in [1.54, 1.807) is 0 Å². The first-order valence-corrected chi connectivity index (χ1v) is 5.96. The normalized spacial score (nSPS) is 20.6. The van der Waals surface area contributed by atoms with Crippen LogP contribution in [0.3, 0.4) is 0 Å². The van der Waals surface area contributed by atoms with Gasteiger partial charge >= 0.3 is 6.18 Å². The van der Waals surface area contributed by atoms with Crippen LogP contribution in [0.1, 0.15) is 36.7 Å². The maximum atomic E-state index is 12.5. The number of amides is 1. The van der Waals surface area contributed by atoms with Crippen LogP contribution in [-0.4, -0.2) is 39.3 Å². The molecule has 0 aromatic carbocycles. The number of piperidine rings is 1. The lowest BCUT2D eigenvalue weighted by Crippen LogP contribution is -2.40. The van der Waals surface area contributed by atoms with Crippen molar-refractivity contribution >= 4 is 5.91 Å². The van der Waals surface area contributed by atoms with Gasteiger partial charge in [-0.3, -0.25) is 9.89 Å². The van der Waals surface area contributed by atoms with Crippen molar-refractivity contribution in [2.75, 3.05) is 13.2 Å². The molecular weight excluding hydrogens is 263 g/mol. The van der Waals surface area contributed by atoms with E-state index in [0.29, 0.717) is 13.0 Å². The van der Waals surface area contributed by atoms with Gasteiger partial charge in [0.25, 0.3) is 0 Å². The molecule has 8 heteroatoms. The number of halogens is 3. The zero-order chi connectivity index (χ0) is 14.0. The van der Waals surface area contributed by atoms with E-state index in [4.69, 9.17) is 5.11 Å². The molecule has 1 amide bonds. The van der Waals surface area contributed by atoms with Gasteiger partial charge in [-0.05, 0) is 25.3 Å². The highest BCUT2D eigenvalue weighted by Crippen LogP contribution is 2.33. The van der Waals surface area contributed by atoms with Crippen molar-refractivity contribution in [3.05, 3.63) is 17.5 Å². The number of hydrogen-bond donors (Lipinski definition) is 2. The SMILES string of the molecule is O=C(CO)N1CCCC[C@@H]1c1cc(C(F)(F)F)n[nH]1. The molecule has 0 saturated carbocycles. The Morgan fingerprint density at radius 3 is 2.84 bits per heavy atom. The molecule has 106 valence electrons. The second-order valence-electron chi connectivity index (χ2n) is 4.46. The summed E-state index contributed by atoms with van der Waals surface area (Å²) < 4.78 is 37.5. The van der Waals surface area contributed by atoms with Gasteiger partial charge in [0.1, 0.15) is 6.61 Å². The van der Waals surface area contributed by atoms with E-state index < -0.39 is 30.4 Å². The predicted octanol–water partition coefficient (Wildman–Crippen LogP) is 1.47. The molecule has 1 aliphatic heterocycles. The minimum Gasteiger partial charge on any atom is -0.387 e. The third-order valence-electron chi connectivity index (χ3n) is 3.21. The molecule has 0 aliphatic carbocycles. The Bertz CT molecular complexity index is 458. The van der Waals surface area contributed by atoms with Gasteiger partial charge in [0.05, 0.1) is 11.7 Å². The Kier molecular flexibility index (Phi) is 3.79. The largest absolute Gasteiger partial charge is 0.435 e. The Hall–Kier alpha value is -1.57. The summed E-state index contributed by atoms with van der Waals surface area (Å²) in [5, 5.41) is 14.5. The number of nitrogens with zero attached hydrogens (tertiary/aromatic N) is 2. The third kappa shape index (κ3) is 2.89. The van der Waals surface area contributed by atoms with E-state index in [0.717, 1.165) is 18.9 Å². The lowest BCUT2D eigenvalue weighted by molar-refractivity contribution is -0.141. The van der Waals surface area contributed by atoms with E-state index in [2.05, 4.69) is 10.2 Å². The fourth-order valence-corrected chi connectivity index (χ4v) is 2.30. The molecule has 0 bridgehead atoms. The van der Waals surface area contributed by atoms with Gasteiger partial charge in [-0.25, -0.2) is 0 Å². The molecule has 1 saturated heterocycles. The molecule has 1 aromatic heterocycles. The lowest BCUT2D eigenvalue weighted by Gasteiger charge is -2.34. The molecule has 0 unspecified atom stereocenters. The molecule has 0 radical (unpaired) electrons. The highest BCUT2D eigenvalue weighted by molar-refractivity contribution is 5.77.